The Bertz CT molecular complexity index is 139. The fraction of sp³-hybridized carbons (Fsp3) is 1.00. The minimum Gasteiger partial charge on any atom is -0.388 e. The molecule has 1 saturated heterocycles. The van der Waals surface area contributed by atoms with Gasteiger partial charge in [0, 0.05) is 0 Å². The zero-order valence-electron chi connectivity index (χ0n) is 7.18. The molecule has 4 nitrogen and oxygen atoms in total. The molecule has 0 radical (unpaired) electrons. The van der Waals surface area contributed by atoms with E-state index in [4.69, 9.17) is 9.84 Å². The third kappa shape index (κ3) is 1.95. The molecule has 0 bridgehead atoms. The summed E-state index contributed by atoms with van der Waals surface area (Å²) in [5.74, 6) is 0. The predicted molar refractivity (Wildman–Crippen MR) is 42.7 cm³/mol. The van der Waals surface area contributed by atoms with E-state index in [9.17, 15) is 10.2 Å². The van der Waals surface area contributed by atoms with E-state index in [0.29, 0.717) is 6.42 Å². The summed E-state index contributed by atoms with van der Waals surface area (Å²) in [6, 6.07) is 0. The molecule has 12 heavy (non-hydrogen) atoms. The van der Waals surface area contributed by atoms with E-state index in [2.05, 4.69) is 0 Å². The van der Waals surface area contributed by atoms with Crippen LogP contribution in [0, 0.1) is 0 Å². The second-order valence-corrected chi connectivity index (χ2v) is 3.21. The highest BCUT2D eigenvalue weighted by Crippen LogP contribution is 2.18. The fourth-order valence-electron chi connectivity index (χ4n) is 1.41. The van der Waals surface area contributed by atoms with Crippen molar-refractivity contribution in [2.45, 2.75) is 44.2 Å². The van der Waals surface area contributed by atoms with Gasteiger partial charge < -0.3 is 20.1 Å². The molecule has 3 N–H and O–H groups in total. The summed E-state index contributed by atoms with van der Waals surface area (Å²) in [7, 11) is 0. The van der Waals surface area contributed by atoms with E-state index >= 15 is 0 Å². The first kappa shape index (κ1) is 9.92. The quantitative estimate of drug-likeness (QED) is 0.518. The van der Waals surface area contributed by atoms with Crippen LogP contribution in [0.4, 0.5) is 0 Å². The standard InChI is InChI=1S/C8H16O4/c1-2-3-6-8(11)7(10)5(9)4-12-6/h5-11H,2-4H2,1H3. The van der Waals surface area contributed by atoms with Gasteiger partial charge in [-0.1, -0.05) is 13.3 Å². The summed E-state index contributed by atoms with van der Waals surface area (Å²) in [6.45, 7) is 2.09. The number of hydrogen-bond acceptors (Lipinski definition) is 4. The first-order valence-electron chi connectivity index (χ1n) is 4.32. The van der Waals surface area contributed by atoms with Gasteiger partial charge in [0.25, 0.3) is 0 Å². The first-order chi connectivity index (χ1) is 5.66. The fourth-order valence-corrected chi connectivity index (χ4v) is 1.41. The normalized spacial score (nSPS) is 43.0. The Morgan fingerprint density at radius 3 is 2.50 bits per heavy atom. The third-order valence-electron chi connectivity index (χ3n) is 2.18. The Hall–Kier alpha value is -0.160. The van der Waals surface area contributed by atoms with Gasteiger partial charge in [-0.15, -0.1) is 0 Å². The van der Waals surface area contributed by atoms with Crippen molar-refractivity contribution in [1.82, 2.24) is 0 Å². The Balaban J connectivity index is 2.46. The Morgan fingerprint density at radius 2 is 1.92 bits per heavy atom. The number of rotatable bonds is 2. The van der Waals surface area contributed by atoms with E-state index in [-0.39, 0.29) is 12.7 Å². The maximum Gasteiger partial charge on any atom is 0.111 e. The summed E-state index contributed by atoms with van der Waals surface area (Å²) in [4.78, 5) is 0. The van der Waals surface area contributed by atoms with Gasteiger partial charge in [-0.25, -0.2) is 0 Å². The summed E-state index contributed by atoms with van der Waals surface area (Å²) >= 11 is 0. The summed E-state index contributed by atoms with van der Waals surface area (Å²) in [5.41, 5.74) is 0. The van der Waals surface area contributed by atoms with E-state index in [1.807, 2.05) is 6.92 Å². The molecule has 1 rings (SSSR count). The lowest BCUT2D eigenvalue weighted by Crippen LogP contribution is -2.52. The highest BCUT2D eigenvalue weighted by Gasteiger charge is 2.36. The number of aliphatic hydroxyl groups is 3. The molecule has 4 heteroatoms. The molecule has 0 amide bonds. The van der Waals surface area contributed by atoms with Crippen molar-refractivity contribution in [1.29, 1.82) is 0 Å². The van der Waals surface area contributed by atoms with Crippen LogP contribution in [-0.4, -0.2) is 46.3 Å². The lowest BCUT2D eigenvalue weighted by atomic mass is 9.97. The van der Waals surface area contributed by atoms with Gasteiger partial charge >= 0.3 is 0 Å². The zero-order chi connectivity index (χ0) is 9.14. The van der Waals surface area contributed by atoms with Crippen LogP contribution in [0.25, 0.3) is 0 Å². The second-order valence-electron chi connectivity index (χ2n) is 3.21. The largest absolute Gasteiger partial charge is 0.388 e. The zero-order valence-corrected chi connectivity index (χ0v) is 7.18. The summed E-state index contributed by atoms with van der Waals surface area (Å²) in [6.07, 6.45) is -1.68. The molecule has 72 valence electrons. The highest BCUT2D eigenvalue weighted by molar-refractivity contribution is 4.85. The first-order valence-corrected chi connectivity index (χ1v) is 4.32. The lowest BCUT2D eigenvalue weighted by molar-refractivity contribution is -0.188. The van der Waals surface area contributed by atoms with Gasteiger partial charge in [-0.3, -0.25) is 0 Å². The van der Waals surface area contributed by atoms with E-state index in [0.717, 1.165) is 6.42 Å². The van der Waals surface area contributed by atoms with E-state index in [1.54, 1.807) is 0 Å². The minimum absolute atomic E-state index is 0.114. The van der Waals surface area contributed by atoms with Crippen molar-refractivity contribution in [2.75, 3.05) is 6.61 Å². The SMILES string of the molecule is CCCC1OCC(O)C(O)C1O. The molecule has 1 aliphatic heterocycles. The van der Waals surface area contributed by atoms with Crippen molar-refractivity contribution in [2.24, 2.45) is 0 Å². The molecule has 0 aromatic carbocycles. The van der Waals surface area contributed by atoms with Gasteiger partial charge in [0.1, 0.15) is 18.3 Å². The molecule has 0 spiro atoms. The van der Waals surface area contributed by atoms with Gasteiger partial charge in [-0.05, 0) is 6.42 Å². The highest BCUT2D eigenvalue weighted by atomic mass is 16.5. The number of aliphatic hydroxyl groups excluding tert-OH is 3. The van der Waals surface area contributed by atoms with Crippen LogP contribution < -0.4 is 0 Å². The minimum atomic E-state index is -1.06. The topological polar surface area (TPSA) is 69.9 Å². The van der Waals surface area contributed by atoms with Crippen LogP contribution in [0.2, 0.25) is 0 Å². The van der Waals surface area contributed by atoms with Crippen LogP contribution in [0.3, 0.4) is 0 Å². The van der Waals surface area contributed by atoms with Crippen LogP contribution >= 0.6 is 0 Å². The molecule has 0 saturated carbocycles. The average molecular weight is 176 g/mol. The molecule has 0 aromatic rings. The molecular weight excluding hydrogens is 160 g/mol. The lowest BCUT2D eigenvalue weighted by Gasteiger charge is -2.35. The van der Waals surface area contributed by atoms with Crippen LogP contribution in [0.5, 0.6) is 0 Å². The summed E-state index contributed by atoms with van der Waals surface area (Å²) in [5, 5.41) is 27.8. The van der Waals surface area contributed by atoms with Crippen LogP contribution in [0.15, 0.2) is 0 Å². The van der Waals surface area contributed by atoms with E-state index in [1.165, 1.54) is 0 Å². The van der Waals surface area contributed by atoms with Crippen molar-refractivity contribution in [3.63, 3.8) is 0 Å². The number of hydrogen-bond donors (Lipinski definition) is 3. The van der Waals surface area contributed by atoms with Gasteiger partial charge in [0.15, 0.2) is 0 Å². The third-order valence-corrected chi connectivity index (χ3v) is 2.18. The monoisotopic (exact) mass is 176 g/mol. The molecule has 4 atom stereocenters. The van der Waals surface area contributed by atoms with Crippen LogP contribution in [0.1, 0.15) is 19.8 Å². The van der Waals surface area contributed by atoms with Gasteiger partial charge in [-0.2, -0.15) is 0 Å². The molecule has 4 unspecified atom stereocenters. The smallest absolute Gasteiger partial charge is 0.111 e. The summed E-state index contributed by atoms with van der Waals surface area (Å²) < 4.78 is 5.15. The second kappa shape index (κ2) is 4.18. The predicted octanol–water partition coefficient (Wildman–Crippen LogP) is -0.732. The van der Waals surface area contributed by atoms with Crippen LogP contribution in [-0.2, 0) is 4.74 Å². The van der Waals surface area contributed by atoms with Gasteiger partial charge in [0.05, 0.1) is 12.7 Å². The Kier molecular flexibility index (Phi) is 3.46. The van der Waals surface area contributed by atoms with E-state index < -0.39 is 18.3 Å². The maximum absolute atomic E-state index is 9.40. The Morgan fingerprint density at radius 1 is 1.25 bits per heavy atom. The molecular formula is C8H16O4. The van der Waals surface area contributed by atoms with Crippen molar-refractivity contribution in [3.05, 3.63) is 0 Å². The average Bonchev–Trinajstić information content (AvgIpc) is 2.07. The van der Waals surface area contributed by atoms with Crippen molar-refractivity contribution >= 4 is 0 Å². The maximum atomic E-state index is 9.40. The molecule has 0 aliphatic carbocycles. The molecule has 1 aliphatic rings. The molecule has 1 fully saturated rings. The van der Waals surface area contributed by atoms with Crippen molar-refractivity contribution in [3.8, 4) is 0 Å². The Labute approximate surface area is 71.8 Å². The molecule has 1 heterocycles. The number of ether oxygens (including phenoxy) is 1. The van der Waals surface area contributed by atoms with Gasteiger partial charge in [0.2, 0.25) is 0 Å². The van der Waals surface area contributed by atoms with Crippen molar-refractivity contribution < 1.29 is 20.1 Å². The molecule has 0 aromatic heterocycles.